The Morgan fingerprint density at radius 2 is 1.70 bits per heavy atom. The molecule has 3 N–H and O–H groups in total. The molecule has 1 amide bonds. The molecule has 0 spiro atoms. The van der Waals surface area contributed by atoms with Gasteiger partial charge in [-0.2, -0.15) is 0 Å². The number of aryl methyl sites for hydroxylation is 2. The van der Waals surface area contributed by atoms with Gasteiger partial charge in [0.15, 0.2) is 0 Å². The van der Waals surface area contributed by atoms with E-state index in [0.717, 1.165) is 16.8 Å². The maximum absolute atomic E-state index is 12.2. The van der Waals surface area contributed by atoms with Crippen LogP contribution in [0.5, 0.6) is 0 Å². The van der Waals surface area contributed by atoms with Crippen molar-refractivity contribution in [2.75, 3.05) is 11.1 Å². The zero-order valence-electron chi connectivity index (χ0n) is 11.1. The average Bonchev–Trinajstić information content (AvgIpc) is 2.39. The Balaban J connectivity index is 2.31. The summed E-state index contributed by atoms with van der Waals surface area (Å²) >= 11 is 11.9. The highest BCUT2D eigenvalue weighted by Crippen LogP contribution is 2.29. The van der Waals surface area contributed by atoms with E-state index in [2.05, 4.69) is 5.32 Å². The van der Waals surface area contributed by atoms with E-state index in [-0.39, 0.29) is 21.6 Å². The molecule has 104 valence electrons. The summed E-state index contributed by atoms with van der Waals surface area (Å²) in [6.07, 6.45) is 0. The summed E-state index contributed by atoms with van der Waals surface area (Å²) in [6.45, 7) is 3.89. The minimum Gasteiger partial charge on any atom is -0.396 e. The van der Waals surface area contributed by atoms with Gasteiger partial charge in [-0.3, -0.25) is 4.79 Å². The van der Waals surface area contributed by atoms with E-state index in [4.69, 9.17) is 28.9 Å². The number of carbonyl (C=O) groups is 1. The molecule has 0 aliphatic carbocycles. The number of anilines is 2. The Kier molecular flexibility index (Phi) is 4.21. The molecule has 0 radical (unpaired) electrons. The summed E-state index contributed by atoms with van der Waals surface area (Å²) in [7, 11) is 0. The van der Waals surface area contributed by atoms with Gasteiger partial charge in [-0.1, -0.05) is 35.3 Å². The maximum Gasteiger partial charge on any atom is 0.255 e. The molecular formula is C15H14Cl2N2O. The largest absolute Gasteiger partial charge is 0.396 e. The van der Waals surface area contributed by atoms with E-state index in [9.17, 15) is 4.79 Å². The minimum absolute atomic E-state index is 0.267. The van der Waals surface area contributed by atoms with Crippen molar-refractivity contribution < 1.29 is 4.79 Å². The molecule has 0 fully saturated rings. The van der Waals surface area contributed by atoms with Crippen LogP contribution >= 0.6 is 23.2 Å². The number of hydrogen-bond donors (Lipinski definition) is 2. The van der Waals surface area contributed by atoms with Crippen LogP contribution in [-0.4, -0.2) is 5.91 Å². The quantitative estimate of drug-likeness (QED) is 0.806. The van der Waals surface area contributed by atoms with Crippen LogP contribution in [0, 0.1) is 13.8 Å². The second kappa shape index (κ2) is 5.73. The van der Waals surface area contributed by atoms with Crippen LogP contribution in [0.15, 0.2) is 30.3 Å². The summed E-state index contributed by atoms with van der Waals surface area (Å²) < 4.78 is 0. The van der Waals surface area contributed by atoms with Gasteiger partial charge in [0.1, 0.15) is 0 Å². The Labute approximate surface area is 127 Å². The summed E-state index contributed by atoms with van der Waals surface area (Å²) in [4.78, 5) is 12.2. The number of nitrogens with one attached hydrogen (secondary N) is 1. The highest BCUT2D eigenvalue weighted by molar-refractivity contribution is 6.39. The first-order valence-electron chi connectivity index (χ1n) is 6.01. The Morgan fingerprint density at radius 1 is 1.10 bits per heavy atom. The molecule has 0 atom stereocenters. The molecule has 2 rings (SSSR count). The van der Waals surface area contributed by atoms with Crippen molar-refractivity contribution in [2.45, 2.75) is 13.8 Å². The summed E-state index contributed by atoms with van der Waals surface area (Å²) in [5.74, 6) is -0.275. The number of nitrogen functional groups attached to an aromatic ring is 1. The second-order valence-electron chi connectivity index (χ2n) is 4.63. The van der Waals surface area contributed by atoms with Gasteiger partial charge < -0.3 is 11.1 Å². The van der Waals surface area contributed by atoms with E-state index in [1.807, 2.05) is 32.0 Å². The standard InChI is InChI=1S/C15H14Cl2N2O/c1-8-3-4-9(2)13(5-8)19-15(20)10-6-11(16)14(18)12(17)7-10/h3-7H,18H2,1-2H3,(H,19,20). The van der Waals surface area contributed by atoms with E-state index in [0.29, 0.717) is 5.56 Å². The zero-order valence-corrected chi connectivity index (χ0v) is 12.6. The summed E-state index contributed by atoms with van der Waals surface area (Å²) in [5, 5.41) is 3.38. The number of hydrogen-bond acceptors (Lipinski definition) is 2. The second-order valence-corrected chi connectivity index (χ2v) is 5.44. The molecule has 0 aliphatic rings. The number of benzene rings is 2. The fourth-order valence-corrected chi connectivity index (χ4v) is 2.27. The molecule has 20 heavy (non-hydrogen) atoms. The van der Waals surface area contributed by atoms with Crippen LogP contribution in [0.3, 0.4) is 0 Å². The van der Waals surface area contributed by atoms with Crippen molar-refractivity contribution in [2.24, 2.45) is 0 Å². The lowest BCUT2D eigenvalue weighted by Gasteiger charge is -2.10. The predicted octanol–water partition coefficient (Wildman–Crippen LogP) is 4.44. The Bertz CT molecular complexity index is 661. The molecule has 0 aliphatic heterocycles. The lowest BCUT2D eigenvalue weighted by molar-refractivity contribution is 0.102. The third kappa shape index (κ3) is 3.06. The van der Waals surface area contributed by atoms with Crippen molar-refractivity contribution in [1.82, 2.24) is 0 Å². The van der Waals surface area contributed by atoms with E-state index >= 15 is 0 Å². The lowest BCUT2D eigenvalue weighted by Crippen LogP contribution is -2.13. The van der Waals surface area contributed by atoms with Crippen LogP contribution in [0.25, 0.3) is 0 Å². The molecule has 0 saturated carbocycles. The number of amides is 1. The SMILES string of the molecule is Cc1ccc(C)c(NC(=O)c2cc(Cl)c(N)c(Cl)c2)c1. The van der Waals surface area contributed by atoms with Gasteiger partial charge in [0.2, 0.25) is 0 Å². The molecule has 0 aromatic heterocycles. The topological polar surface area (TPSA) is 55.1 Å². The normalized spacial score (nSPS) is 10.4. The molecule has 2 aromatic carbocycles. The van der Waals surface area contributed by atoms with Gasteiger partial charge in [0.05, 0.1) is 15.7 Å². The zero-order chi connectivity index (χ0) is 14.9. The minimum atomic E-state index is -0.275. The van der Waals surface area contributed by atoms with Crippen molar-refractivity contribution >= 4 is 40.5 Å². The number of carbonyl (C=O) groups excluding carboxylic acids is 1. The Morgan fingerprint density at radius 3 is 2.30 bits per heavy atom. The monoisotopic (exact) mass is 308 g/mol. The number of rotatable bonds is 2. The molecule has 2 aromatic rings. The van der Waals surface area contributed by atoms with E-state index < -0.39 is 0 Å². The molecule has 0 unspecified atom stereocenters. The van der Waals surface area contributed by atoms with Crippen molar-refractivity contribution in [3.05, 3.63) is 57.1 Å². The first-order valence-corrected chi connectivity index (χ1v) is 6.77. The van der Waals surface area contributed by atoms with Crippen LogP contribution < -0.4 is 11.1 Å². The van der Waals surface area contributed by atoms with Gasteiger partial charge in [-0.15, -0.1) is 0 Å². The molecule has 0 heterocycles. The smallest absolute Gasteiger partial charge is 0.255 e. The number of halogens is 2. The first-order chi connectivity index (χ1) is 9.38. The fourth-order valence-electron chi connectivity index (χ4n) is 1.78. The van der Waals surface area contributed by atoms with Crippen LogP contribution in [-0.2, 0) is 0 Å². The summed E-state index contributed by atoms with van der Waals surface area (Å²) in [5.41, 5.74) is 9.11. The first kappa shape index (κ1) is 14.7. The number of nitrogens with two attached hydrogens (primary N) is 1. The molecular weight excluding hydrogens is 295 g/mol. The maximum atomic E-state index is 12.2. The van der Waals surface area contributed by atoms with Gasteiger partial charge in [0.25, 0.3) is 5.91 Å². The third-order valence-corrected chi connectivity index (χ3v) is 3.61. The molecule has 3 nitrogen and oxygen atoms in total. The van der Waals surface area contributed by atoms with Gasteiger partial charge in [-0.05, 0) is 43.2 Å². The highest BCUT2D eigenvalue weighted by Gasteiger charge is 2.12. The lowest BCUT2D eigenvalue weighted by atomic mass is 10.1. The third-order valence-electron chi connectivity index (χ3n) is 2.98. The van der Waals surface area contributed by atoms with E-state index in [1.165, 1.54) is 12.1 Å². The van der Waals surface area contributed by atoms with Crippen LogP contribution in [0.2, 0.25) is 10.0 Å². The van der Waals surface area contributed by atoms with Gasteiger partial charge in [-0.25, -0.2) is 0 Å². The van der Waals surface area contributed by atoms with Gasteiger partial charge in [0, 0.05) is 11.3 Å². The van der Waals surface area contributed by atoms with Crippen molar-refractivity contribution in [3.63, 3.8) is 0 Å². The summed E-state index contributed by atoms with van der Waals surface area (Å²) in [6, 6.07) is 8.86. The van der Waals surface area contributed by atoms with Gasteiger partial charge >= 0.3 is 0 Å². The Hall–Kier alpha value is -1.71. The average molecular weight is 309 g/mol. The molecule has 0 bridgehead atoms. The predicted molar refractivity (Wildman–Crippen MR) is 84.7 cm³/mol. The van der Waals surface area contributed by atoms with Crippen molar-refractivity contribution in [3.8, 4) is 0 Å². The van der Waals surface area contributed by atoms with Crippen LogP contribution in [0.4, 0.5) is 11.4 Å². The molecule has 5 heteroatoms. The van der Waals surface area contributed by atoms with Crippen molar-refractivity contribution in [1.29, 1.82) is 0 Å². The highest BCUT2D eigenvalue weighted by atomic mass is 35.5. The fraction of sp³-hybridized carbons (Fsp3) is 0.133. The van der Waals surface area contributed by atoms with E-state index in [1.54, 1.807) is 0 Å². The molecule has 0 saturated heterocycles. The van der Waals surface area contributed by atoms with Crippen LogP contribution in [0.1, 0.15) is 21.5 Å².